The van der Waals surface area contributed by atoms with Crippen LogP contribution in [0.1, 0.15) is 48.5 Å². The van der Waals surface area contributed by atoms with Gasteiger partial charge in [-0.15, -0.1) is 6.58 Å². The number of amides is 1. The zero-order chi connectivity index (χ0) is 23.5. The van der Waals surface area contributed by atoms with Crippen molar-refractivity contribution in [1.82, 2.24) is 10.2 Å². The van der Waals surface area contributed by atoms with E-state index in [0.29, 0.717) is 37.9 Å². The molecule has 0 aromatic heterocycles. The predicted octanol–water partition coefficient (Wildman–Crippen LogP) is 3.81. The molecular weight excluding hydrogens is 416 g/mol. The summed E-state index contributed by atoms with van der Waals surface area (Å²) < 4.78 is 6.19. The van der Waals surface area contributed by atoms with Crippen LogP contribution in [0.15, 0.2) is 67.3 Å². The zero-order valence-electron chi connectivity index (χ0n) is 19.1. The second-order valence-corrected chi connectivity index (χ2v) is 9.27. The lowest BCUT2D eigenvalue weighted by molar-refractivity contribution is -0.186. The highest BCUT2D eigenvalue weighted by Crippen LogP contribution is 2.54. The second kappa shape index (κ2) is 9.40. The summed E-state index contributed by atoms with van der Waals surface area (Å²) in [6, 6.07) is 16.4. The van der Waals surface area contributed by atoms with Crippen molar-refractivity contribution in [3.63, 3.8) is 0 Å². The van der Waals surface area contributed by atoms with E-state index in [-0.39, 0.29) is 23.7 Å². The van der Waals surface area contributed by atoms with Crippen molar-refractivity contribution in [1.29, 1.82) is 0 Å². The van der Waals surface area contributed by atoms with E-state index >= 15 is 0 Å². The van der Waals surface area contributed by atoms with Crippen LogP contribution < -0.4 is 5.32 Å². The zero-order valence-corrected chi connectivity index (χ0v) is 19.1. The molecular formula is C27H32N2O4. The average molecular weight is 449 g/mol. The Hall–Kier alpha value is -3.12. The number of rotatable bonds is 6. The summed E-state index contributed by atoms with van der Waals surface area (Å²) in [7, 11) is 0. The van der Waals surface area contributed by atoms with Crippen molar-refractivity contribution in [2.24, 2.45) is 0 Å². The minimum absolute atomic E-state index is 0.0744. The van der Waals surface area contributed by atoms with Crippen LogP contribution in [0.5, 0.6) is 5.75 Å². The lowest BCUT2D eigenvalue weighted by atomic mass is 9.55. The molecule has 2 fully saturated rings. The van der Waals surface area contributed by atoms with Crippen molar-refractivity contribution in [3.05, 3.63) is 78.4 Å². The summed E-state index contributed by atoms with van der Waals surface area (Å²) >= 11 is 0. The molecule has 4 rings (SSSR count). The summed E-state index contributed by atoms with van der Waals surface area (Å²) in [5.41, 5.74) is 0.297. The summed E-state index contributed by atoms with van der Waals surface area (Å²) in [6.45, 7) is 7.45. The number of ether oxygens (including phenoxy) is 1. The quantitative estimate of drug-likeness (QED) is 0.519. The minimum atomic E-state index is -0.748. The molecule has 33 heavy (non-hydrogen) atoms. The van der Waals surface area contributed by atoms with Gasteiger partial charge in [0.15, 0.2) is 0 Å². The van der Waals surface area contributed by atoms with Gasteiger partial charge in [-0.05, 0) is 62.1 Å². The van der Waals surface area contributed by atoms with E-state index in [1.807, 2.05) is 36.4 Å². The topological polar surface area (TPSA) is 78.9 Å². The fourth-order valence-corrected chi connectivity index (χ4v) is 5.81. The molecule has 1 amide bonds. The molecule has 3 atom stereocenters. The molecule has 1 aliphatic heterocycles. The van der Waals surface area contributed by atoms with E-state index in [4.69, 9.17) is 4.74 Å². The van der Waals surface area contributed by atoms with Crippen molar-refractivity contribution >= 4 is 11.9 Å². The fourth-order valence-electron chi connectivity index (χ4n) is 5.81. The van der Waals surface area contributed by atoms with Crippen LogP contribution in [-0.2, 0) is 14.9 Å². The van der Waals surface area contributed by atoms with Crippen LogP contribution >= 0.6 is 0 Å². The van der Waals surface area contributed by atoms with Gasteiger partial charge in [0, 0.05) is 37.0 Å². The number of carbonyl (C=O) groups excluding carboxylic acids is 2. The Morgan fingerprint density at radius 1 is 1.21 bits per heavy atom. The molecule has 0 bridgehead atoms. The molecule has 2 aromatic rings. The molecule has 6 heteroatoms. The second-order valence-electron chi connectivity index (χ2n) is 9.27. The van der Waals surface area contributed by atoms with E-state index < -0.39 is 11.0 Å². The summed E-state index contributed by atoms with van der Waals surface area (Å²) in [4.78, 5) is 27.5. The van der Waals surface area contributed by atoms with Crippen LogP contribution in [0, 0.1) is 0 Å². The average Bonchev–Trinajstić information content (AvgIpc) is 2.79. The molecule has 1 heterocycles. The number of fused-ring (bicyclic) bond motifs is 1. The first-order valence-corrected chi connectivity index (χ1v) is 11.6. The van der Waals surface area contributed by atoms with Gasteiger partial charge in [0.1, 0.15) is 11.4 Å². The van der Waals surface area contributed by atoms with Gasteiger partial charge in [0.05, 0.1) is 0 Å². The van der Waals surface area contributed by atoms with Gasteiger partial charge >= 0.3 is 5.97 Å². The maximum atomic E-state index is 12.9. The highest BCUT2D eigenvalue weighted by Gasteiger charge is 2.60. The summed E-state index contributed by atoms with van der Waals surface area (Å²) in [5.74, 6) is -0.231. The Morgan fingerprint density at radius 2 is 2.00 bits per heavy atom. The van der Waals surface area contributed by atoms with Crippen molar-refractivity contribution in [2.75, 3.05) is 19.6 Å². The summed E-state index contributed by atoms with van der Waals surface area (Å²) in [5, 5.41) is 13.5. The Labute approximate surface area is 195 Å². The minimum Gasteiger partial charge on any atom is -0.508 e. The SMILES string of the molecule is C=CCN1CC[C@@]2(c3cccc(O)c3)C[C@@H](NC(=O)c3ccccc3)CC[C@]2(OC(C)=O)C1. The van der Waals surface area contributed by atoms with Crippen molar-refractivity contribution in [2.45, 2.75) is 49.7 Å². The normalized spacial score (nSPS) is 27.2. The Morgan fingerprint density at radius 3 is 2.70 bits per heavy atom. The highest BCUT2D eigenvalue weighted by atomic mass is 16.6. The fraction of sp³-hybridized carbons (Fsp3) is 0.407. The molecule has 6 nitrogen and oxygen atoms in total. The molecule has 174 valence electrons. The third kappa shape index (κ3) is 4.53. The van der Waals surface area contributed by atoms with Crippen LogP contribution in [0.4, 0.5) is 0 Å². The number of carbonyl (C=O) groups is 2. The first kappa shape index (κ1) is 23.1. The van der Waals surface area contributed by atoms with Crippen LogP contribution in [0.2, 0.25) is 0 Å². The predicted molar refractivity (Wildman–Crippen MR) is 127 cm³/mol. The largest absolute Gasteiger partial charge is 0.508 e. The summed E-state index contributed by atoms with van der Waals surface area (Å²) in [6.07, 6.45) is 4.57. The molecule has 0 unspecified atom stereocenters. The van der Waals surface area contributed by atoms with Crippen molar-refractivity contribution < 1.29 is 19.4 Å². The number of hydrogen-bond acceptors (Lipinski definition) is 5. The van der Waals surface area contributed by atoms with E-state index in [1.165, 1.54) is 6.92 Å². The maximum absolute atomic E-state index is 12.9. The number of phenols is 1. The third-order valence-electron chi connectivity index (χ3n) is 7.19. The molecule has 1 saturated carbocycles. The number of piperidine rings is 1. The first-order chi connectivity index (χ1) is 15.9. The smallest absolute Gasteiger partial charge is 0.303 e. The van der Waals surface area contributed by atoms with Gasteiger partial charge in [-0.25, -0.2) is 0 Å². The molecule has 2 aromatic carbocycles. The maximum Gasteiger partial charge on any atom is 0.303 e. The molecule has 2 N–H and O–H groups in total. The van der Waals surface area contributed by atoms with Gasteiger partial charge < -0.3 is 15.2 Å². The molecule has 1 saturated heterocycles. The van der Waals surface area contributed by atoms with E-state index in [2.05, 4.69) is 16.8 Å². The number of nitrogens with zero attached hydrogens (tertiary/aromatic N) is 1. The standard InChI is InChI=1S/C27H32N2O4/c1-3-15-29-16-14-26(22-10-7-11-24(31)17-22)18-23(12-13-27(26,19-29)33-20(2)30)28-25(32)21-8-5-4-6-9-21/h3-11,17,23,31H,1,12-16,18-19H2,2H3,(H,28,32)/t23-,26-,27-/m0/s1. The van der Waals surface area contributed by atoms with Gasteiger partial charge in [0.2, 0.25) is 0 Å². The lowest BCUT2D eigenvalue weighted by Crippen LogP contribution is -2.68. The lowest BCUT2D eigenvalue weighted by Gasteiger charge is -2.59. The van der Waals surface area contributed by atoms with Crippen LogP contribution in [-0.4, -0.2) is 53.2 Å². The number of likely N-dealkylation sites (tertiary alicyclic amines) is 1. The third-order valence-corrected chi connectivity index (χ3v) is 7.19. The van der Waals surface area contributed by atoms with Crippen LogP contribution in [0.3, 0.4) is 0 Å². The Balaban J connectivity index is 1.72. The Kier molecular flexibility index (Phi) is 6.56. The monoisotopic (exact) mass is 448 g/mol. The van der Waals surface area contributed by atoms with Gasteiger partial charge in [-0.2, -0.15) is 0 Å². The first-order valence-electron chi connectivity index (χ1n) is 11.6. The van der Waals surface area contributed by atoms with Gasteiger partial charge in [0.25, 0.3) is 5.91 Å². The highest BCUT2D eigenvalue weighted by molar-refractivity contribution is 5.94. The number of phenolic OH excluding ortho intramolecular Hbond substituents is 1. The number of nitrogens with one attached hydrogen (secondary N) is 1. The van der Waals surface area contributed by atoms with E-state index in [9.17, 15) is 14.7 Å². The molecule has 0 radical (unpaired) electrons. The van der Waals surface area contributed by atoms with E-state index in [0.717, 1.165) is 18.5 Å². The van der Waals surface area contributed by atoms with E-state index in [1.54, 1.807) is 24.3 Å². The molecule has 0 spiro atoms. The van der Waals surface area contributed by atoms with Gasteiger partial charge in [-0.3, -0.25) is 14.5 Å². The number of esters is 1. The number of aromatic hydroxyl groups is 1. The molecule has 1 aliphatic carbocycles. The van der Waals surface area contributed by atoms with Crippen molar-refractivity contribution in [3.8, 4) is 5.75 Å². The number of hydrogen-bond donors (Lipinski definition) is 2. The number of benzene rings is 2. The van der Waals surface area contributed by atoms with Gasteiger partial charge in [-0.1, -0.05) is 36.4 Å². The van der Waals surface area contributed by atoms with Crippen LogP contribution in [0.25, 0.3) is 0 Å². The molecule has 2 aliphatic rings. The Bertz CT molecular complexity index is 1020.